The molecule has 0 radical (unpaired) electrons. The average Bonchev–Trinajstić information content (AvgIpc) is 2.84. The summed E-state index contributed by atoms with van der Waals surface area (Å²) >= 11 is 7.46. The highest BCUT2D eigenvalue weighted by Gasteiger charge is 2.58. The standard InChI is InChI=1S/C13H17ClN4O2S2/c1-16(2)5-8-9-6-17(7-10(8)9)22(19,20)12-11(14)15-13-18(12)3-4-21-13/h3-4,8-10H,5-7H2,1-2H3. The van der Waals surface area contributed by atoms with Crippen molar-refractivity contribution in [2.45, 2.75) is 5.03 Å². The van der Waals surface area contributed by atoms with E-state index in [1.54, 1.807) is 14.9 Å². The Morgan fingerprint density at radius 2 is 2.09 bits per heavy atom. The van der Waals surface area contributed by atoms with Crippen LogP contribution in [0.5, 0.6) is 0 Å². The maximum atomic E-state index is 12.9. The number of piperidine rings is 1. The van der Waals surface area contributed by atoms with E-state index in [0.717, 1.165) is 6.54 Å². The molecule has 0 spiro atoms. The molecule has 0 amide bonds. The van der Waals surface area contributed by atoms with Crippen LogP contribution in [0.1, 0.15) is 0 Å². The van der Waals surface area contributed by atoms with Crippen LogP contribution >= 0.6 is 22.9 Å². The first kappa shape index (κ1) is 14.9. The first-order chi connectivity index (χ1) is 10.4. The first-order valence-corrected chi connectivity index (χ1v) is 9.85. The topological polar surface area (TPSA) is 57.9 Å². The molecule has 2 atom stereocenters. The fourth-order valence-electron chi connectivity index (χ4n) is 3.59. The minimum absolute atomic E-state index is 0.0669. The highest BCUT2D eigenvalue weighted by Crippen LogP contribution is 2.53. The Bertz CT molecular complexity index is 816. The van der Waals surface area contributed by atoms with E-state index in [9.17, 15) is 8.42 Å². The van der Waals surface area contributed by atoms with Crippen molar-refractivity contribution in [2.75, 3.05) is 33.7 Å². The molecule has 1 saturated carbocycles. The van der Waals surface area contributed by atoms with Gasteiger partial charge in [0.25, 0.3) is 10.0 Å². The van der Waals surface area contributed by atoms with E-state index in [0.29, 0.717) is 35.8 Å². The van der Waals surface area contributed by atoms with E-state index >= 15 is 0 Å². The molecule has 9 heteroatoms. The first-order valence-electron chi connectivity index (χ1n) is 7.15. The van der Waals surface area contributed by atoms with E-state index < -0.39 is 10.0 Å². The summed E-state index contributed by atoms with van der Waals surface area (Å²) in [5.74, 6) is 1.60. The number of imidazole rings is 1. The molecule has 2 aromatic rings. The zero-order chi connectivity index (χ0) is 15.6. The van der Waals surface area contributed by atoms with Gasteiger partial charge in [0, 0.05) is 31.2 Å². The molecular weight excluding hydrogens is 344 g/mol. The molecule has 6 nitrogen and oxygen atoms in total. The second-order valence-corrected chi connectivity index (χ2v) is 9.42. The van der Waals surface area contributed by atoms with Crippen LogP contribution in [0.2, 0.25) is 5.15 Å². The summed E-state index contributed by atoms with van der Waals surface area (Å²) in [6.45, 7) is 2.23. The van der Waals surface area contributed by atoms with Crippen molar-refractivity contribution in [3.05, 3.63) is 16.7 Å². The third kappa shape index (κ3) is 2.12. The number of thiazole rings is 1. The molecule has 2 fully saturated rings. The predicted octanol–water partition coefficient (Wildman–Crippen LogP) is 1.48. The fraction of sp³-hybridized carbons (Fsp3) is 0.615. The van der Waals surface area contributed by atoms with Crippen LogP contribution < -0.4 is 0 Å². The molecule has 2 aliphatic rings. The molecule has 1 saturated heterocycles. The largest absolute Gasteiger partial charge is 0.309 e. The summed E-state index contributed by atoms with van der Waals surface area (Å²) in [5.41, 5.74) is 0. The van der Waals surface area contributed by atoms with E-state index in [1.807, 2.05) is 5.38 Å². The van der Waals surface area contributed by atoms with Crippen molar-refractivity contribution in [1.29, 1.82) is 0 Å². The number of rotatable bonds is 4. The summed E-state index contributed by atoms with van der Waals surface area (Å²) in [5, 5.41) is 1.99. The van der Waals surface area contributed by atoms with E-state index in [-0.39, 0.29) is 10.2 Å². The number of hydrogen-bond donors (Lipinski definition) is 0. The number of sulfonamides is 1. The molecule has 0 aromatic carbocycles. The molecule has 0 bridgehead atoms. The van der Waals surface area contributed by atoms with Crippen molar-refractivity contribution in [2.24, 2.45) is 17.8 Å². The van der Waals surface area contributed by atoms with Gasteiger partial charge in [-0.15, -0.1) is 11.3 Å². The van der Waals surface area contributed by atoms with Crippen LogP contribution in [-0.4, -0.2) is 60.7 Å². The van der Waals surface area contributed by atoms with Gasteiger partial charge in [0.15, 0.2) is 15.1 Å². The van der Waals surface area contributed by atoms with Crippen LogP contribution in [0.25, 0.3) is 4.96 Å². The number of fused-ring (bicyclic) bond motifs is 2. The molecule has 22 heavy (non-hydrogen) atoms. The number of nitrogens with zero attached hydrogens (tertiary/aromatic N) is 4. The van der Waals surface area contributed by atoms with Crippen LogP contribution in [0.4, 0.5) is 0 Å². The Kier molecular flexibility index (Phi) is 3.32. The summed E-state index contributed by atoms with van der Waals surface area (Å²) in [6, 6.07) is 0. The molecule has 0 N–H and O–H groups in total. The number of halogens is 1. The summed E-state index contributed by atoms with van der Waals surface area (Å²) in [6.07, 6.45) is 1.71. The Labute approximate surface area is 138 Å². The molecule has 120 valence electrons. The zero-order valence-corrected chi connectivity index (χ0v) is 14.7. The Balaban J connectivity index is 1.59. The van der Waals surface area contributed by atoms with Crippen molar-refractivity contribution in [3.63, 3.8) is 0 Å². The Morgan fingerprint density at radius 1 is 1.41 bits per heavy atom. The lowest BCUT2D eigenvalue weighted by Crippen LogP contribution is -2.33. The van der Waals surface area contributed by atoms with Crippen LogP contribution in [-0.2, 0) is 10.0 Å². The average molecular weight is 361 g/mol. The third-order valence-electron chi connectivity index (χ3n) is 4.68. The Hall–Kier alpha value is -0.670. The predicted molar refractivity (Wildman–Crippen MR) is 85.9 cm³/mol. The SMILES string of the molecule is CN(C)CC1C2CN(S(=O)(=O)c3c(Cl)nc4sccn34)CC12. The molecule has 4 rings (SSSR count). The normalized spacial score (nSPS) is 28.6. The molecular formula is C13H17ClN4O2S2. The van der Waals surface area contributed by atoms with Gasteiger partial charge in [-0.05, 0) is 31.8 Å². The second kappa shape index (κ2) is 4.91. The molecule has 2 unspecified atom stereocenters. The number of hydrogen-bond acceptors (Lipinski definition) is 5. The molecule has 3 heterocycles. The lowest BCUT2D eigenvalue weighted by Gasteiger charge is -2.20. The van der Waals surface area contributed by atoms with Gasteiger partial charge in [-0.1, -0.05) is 11.6 Å². The van der Waals surface area contributed by atoms with Crippen molar-refractivity contribution >= 4 is 37.9 Å². The van der Waals surface area contributed by atoms with Gasteiger partial charge in [0.05, 0.1) is 0 Å². The van der Waals surface area contributed by atoms with E-state index in [2.05, 4.69) is 24.0 Å². The highest BCUT2D eigenvalue weighted by molar-refractivity contribution is 7.89. The third-order valence-corrected chi connectivity index (χ3v) is 7.67. The van der Waals surface area contributed by atoms with Gasteiger partial charge in [-0.2, -0.15) is 4.31 Å². The summed E-state index contributed by atoms with van der Waals surface area (Å²) in [7, 11) is 0.533. The highest BCUT2D eigenvalue weighted by atomic mass is 35.5. The van der Waals surface area contributed by atoms with E-state index in [4.69, 9.17) is 11.6 Å². The van der Waals surface area contributed by atoms with Gasteiger partial charge in [-0.3, -0.25) is 4.40 Å². The van der Waals surface area contributed by atoms with Crippen molar-refractivity contribution in [1.82, 2.24) is 18.6 Å². The van der Waals surface area contributed by atoms with Crippen LogP contribution in [0, 0.1) is 17.8 Å². The molecule has 1 aliphatic heterocycles. The molecule has 2 aromatic heterocycles. The van der Waals surface area contributed by atoms with Crippen molar-refractivity contribution in [3.8, 4) is 0 Å². The van der Waals surface area contributed by atoms with Gasteiger partial charge in [-0.25, -0.2) is 13.4 Å². The quantitative estimate of drug-likeness (QED) is 0.828. The monoisotopic (exact) mass is 360 g/mol. The van der Waals surface area contributed by atoms with Gasteiger partial charge >= 0.3 is 0 Å². The lowest BCUT2D eigenvalue weighted by atomic mass is 10.3. The Morgan fingerprint density at radius 3 is 2.73 bits per heavy atom. The lowest BCUT2D eigenvalue weighted by molar-refractivity contribution is 0.334. The maximum Gasteiger partial charge on any atom is 0.262 e. The van der Waals surface area contributed by atoms with Crippen LogP contribution in [0.15, 0.2) is 16.6 Å². The minimum atomic E-state index is -3.58. The van der Waals surface area contributed by atoms with Gasteiger partial charge in [0.1, 0.15) is 0 Å². The minimum Gasteiger partial charge on any atom is -0.309 e. The number of aromatic nitrogens is 2. The van der Waals surface area contributed by atoms with Crippen LogP contribution in [0.3, 0.4) is 0 Å². The van der Waals surface area contributed by atoms with E-state index in [1.165, 1.54) is 11.3 Å². The maximum absolute atomic E-state index is 12.9. The van der Waals surface area contributed by atoms with Crippen molar-refractivity contribution < 1.29 is 8.42 Å². The van der Waals surface area contributed by atoms with Gasteiger partial charge < -0.3 is 4.90 Å². The van der Waals surface area contributed by atoms with Gasteiger partial charge in [0.2, 0.25) is 0 Å². The fourth-order valence-corrected chi connectivity index (χ4v) is 6.51. The summed E-state index contributed by atoms with van der Waals surface area (Å²) in [4.78, 5) is 6.91. The zero-order valence-electron chi connectivity index (χ0n) is 12.3. The molecule has 1 aliphatic carbocycles. The summed E-state index contributed by atoms with van der Waals surface area (Å²) < 4.78 is 28.9. The second-order valence-electron chi connectivity index (χ2n) is 6.34. The smallest absolute Gasteiger partial charge is 0.262 e.